The number of aromatic hydroxyl groups is 1. The molecule has 3 aromatic rings. The number of benzene rings is 2. The van der Waals surface area contributed by atoms with Crippen LogP contribution in [0.5, 0.6) is 5.88 Å². The Bertz CT molecular complexity index is 900. The molecule has 2 aromatic carbocycles. The van der Waals surface area contributed by atoms with Gasteiger partial charge in [-0.1, -0.05) is 12.1 Å². The molecule has 0 amide bonds. The maximum absolute atomic E-state index is 13.7. The first-order valence-electron chi connectivity index (χ1n) is 6.64. The molecule has 0 fully saturated rings. The number of aromatic nitrogens is 1. The Morgan fingerprint density at radius 2 is 1.82 bits per heavy atom. The highest BCUT2D eigenvalue weighted by atomic mass is 19.1. The molecule has 1 heterocycles. The molecule has 112 valence electrons. The second kappa shape index (κ2) is 5.22. The van der Waals surface area contributed by atoms with Gasteiger partial charge in [0.2, 0.25) is 5.88 Å². The fraction of sp³-hybridized carbons (Fsp3) is 0.125. The van der Waals surface area contributed by atoms with Gasteiger partial charge in [-0.2, -0.15) is 5.11 Å². The molecule has 0 radical (unpaired) electrons. The normalized spacial score (nSPS) is 11.6. The predicted molar refractivity (Wildman–Crippen MR) is 80.0 cm³/mol. The molecule has 3 rings (SSSR count). The van der Waals surface area contributed by atoms with Crippen LogP contribution in [0.3, 0.4) is 0 Å². The minimum Gasteiger partial charge on any atom is -0.493 e. The van der Waals surface area contributed by atoms with Crippen LogP contribution in [0.2, 0.25) is 0 Å². The monoisotopic (exact) mass is 301 g/mol. The lowest BCUT2D eigenvalue weighted by Gasteiger charge is -2.00. The number of halogens is 2. The van der Waals surface area contributed by atoms with Gasteiger partial charge in [0.15, 0.2) is 5.69 Å². The van der Waals surface area contributed by atoms with Crippen LogP contribution in [0, 0.1) is 25.5 Å². The Labute approximate surface area is 125 Å². The van der Waals surface area contributed by atoms with Gasteiger partial charge in [0.1, 0.15) is 11.6 Å². The second-order valence-corrected chi connectivity index (χ2v) is 5.12. The van der Waals surface area contributed by atoms with Crippen molar-refractivity contribution in [1.29, 1.82) is 0 Å². The molecule has 0 aliphatic rings. The quantitative estimate of drug-likeness (QED) is 0.629. The van der Waals surface area contributed by atoms with Crippen LogP contribution in [-0.2, 0) is 0 Å². The Hall–Kier alpha value is -2.76. The van der Waals surface area contributed by atoms with Gasteiger partial charge in [-0.05, 0) is 37.1 Å². The van der Waals surface area contributed by atoms with Gasteiger partial charge in [-0.15, -0.1) is 5.11 Å². The van der Waals surface area contributed by atoms with E-state index >= 15 is 0 Å². The van der Waals surface area contributed by atoms with Crippen molar-refractivity contribution in [3.05, 3.63) is 53.1 Å². The Balaban J connectivity index is 2.12. The van der Waals surface area contributed by atoms with Crippen LogP contribution < -0.4 is 0 Å². The summed E-state index contributed by atoms with van der Waals surface area (Å²) in [5.41, 5.74) is 2.56. The summed E-state index contributed by atoms with van der Waals surface area (Å²) in [4.78, 5) is 2.44. The van der Waals surface area contributed by atoms with Crippen LogP contribution in [0.15, 0.2) is 40.6 Å². The van der Waals surface area contributed by atoms with E-state index in [1.807, 2.05) is 32.0 Å². The van der Waals surface area contributed by atoms with Gasteiger partial charge < -0.3 is 10.1 Å². The Morgan fingerprint density at radius 3 is 2.59 bits per heavy atom. The van der Waals surface area contributed by atoms with Gasteiger partial charge in [0, 0.05) is 11.5 Å². The summed E-state index contributed by atoms with van der Waals surface area (Å²) in [6.45, 7) is 3.80. The molecule has 0 bridgehead atoms. The third-order valence-electron chi connectivity index (χ3n) is 3.40. The minimum atomic E-state index is -0.793. The number of hydrogen-bond acceptors (Lipinski definition) is 3. The molecular formula is C16H13F2N3O. The van der Waals surface area contributed by atoms with Crippen LogP contribution in [0.4, 0.5) is 20.2 Å². The molecule has 0 spiro atoms. The molecule has 2 N–H and O–H groups in total. The summed E-state index contributed by atoms with van der Waals surface area (Å²) >= 11 is 0. The van der Waals surface area contributed by atoms with E-state index in [9.17, 15) is 13.9 Å². The Kier molecular flexibility index (Phi) is 3.36. The van der Waals surface area contributed by atoms with Gasteiger partial charge in [0.25, 0.3) is 0 Å². The minimum absolute atomic E-state index is 0.00573. The summed E-state index contributed by atoms with van der Waals surface area (Å²) < 4.78 is 27.0. The van der Waals surface area contributed by atoms with Crippen molar-refractivity contribution in [2.75, 3.05) is 0 Å². The van der Waals surface area contributed by atoms with Crippen molar-refractivity contribution in [2.45, 2.75) is 13.8 Å². The molecule has 1 aromatic heterocycles. The van der Waals surface area contributed by atoms with Crippen LogP contribution in [0.1, 0.15) is 11.1 Å². The summed E-state index contributed by atoms with van der Waals surface area (Å²) in [6.07, 6.45) is 0. The first-order chi connectivity index (χ1) is 10.5. The van der Waals surface area contributed by atoms with Gasteiger partial charge >= 0.3 is 0 Å². The van der Waals surface area contributed by atoms with E-state index in [1.165, 1.54) is 0 Å². The van der Waals surface area contributed by atoms with Crippen molar-refractivity contribution in [1.82, 2.24) is 4.98 Å². The smallest absolute Gasteiger partial charge is 0.218 e. The van der Waals surface area contributed by atoms with Crippen LogP contribution >= 0.6 is 0 Å². The first-order valence-corrected chi connectivity index (χ1v) is 6.64. The van der Waals surface area contributed by atoms with Crippen molar-refractivity contribution in [3.8, 4) is 5.88 Å². The highest BCUT2D eigenvalue weighted by Crippen LogP contribution is 2.38. The van der Waals surface area contributed by atoms with Gasteiger partial charge in [-0.25, -0.2) is 8.78 Å². The summed E-state index contributed by atoms with van der Waals surface area (Å²) in [5.74, 6) is -1.89. The lowest BCUT2D eigenvalue weighted by molar-refractivity contribution is 0.459. The topological polar surface area (TPSA) is 60.7 Å². The number of rotatable bonds is 2. The van der Waals surface area contributed by atoms with Crippen LogP contribution in [-0.4, -0.2) is 10.1 Å². The van der Waals surface area contributed by atoms with E-state index in [4.69, 9.17) is 0 Å². The maximum atomic E-state index is 13.7. The summed E-state index contributed by atoms with van der Waals surface area (Å²) in [6, 6.07) is 7.53. The van der Waals surface area contributed by atoms with Crippen LogP contribution in [0.25, 0.3) is 10.9 Å². The number of aryl methyl sites for hydroxylation is 2. The fourth-order valence-electron chi connectivity index (χ4n) is 2.22. The molecule has 0 saturated heterocycles. The number of hydrogen-bond donors (Lipinski definition) is 2. The van der Waals surface area contributed by atoms with Crippen molar-refractivity contribution in [3.63, 3.8) is 0 Å². The fourth-order valence-corrected chi connectivity index (χ4v) is 2.22. The standard InChI is InChI=1S/C16H13F2N3O/c1-8-3-4-9(2)13(5-8)20-21-15-11-6-10(17)7-12(18)14(11)19-16(15)22/h3-7,19,22H,1-2H3. The lowest BCUT2D eigenvalue weighted by atomic mass is 10.1. The number of H-pyrrole nitrogens is 1. The second-order valence-electron chi connectivity index (χ2n) is 5.12. The number of azo groups is 1. The zero-order valence-corrected chi connectivity index (χ0v) is 12.0. The SMILES string of the molecule is Cc1ccc(C)c(N=Nc2c(O)[nH]c3c(F)cc(F)cc23)c1. The molecule has 0 unspecified atom stereocenters. The molecular weight excluding hydrogens is 288 g/mol. The maximum Gasteiger partial charge on any atom is 0.218 e. The number of aromatic amines is 1. The van der Waals surface area contributed by atoms with E-state index in [1.54, 1.807) is 0 Å². The lowest BCUT2D eigenvalue weighted by Crippen LogP contribution is -1.80. The molecule has 0 saturated carbocycles. The van der Waals surface area contributed by atoms with Crippen molar-refractivity contribution in [2.24, 2.45) is 10.2 Å². The van der Waals surface area contributed by atoms with E-state index in [0.29, 0.717) is 5.69 Å². The number of nitrogens with one attached hydrogen (secondary N) is 1. The average Bonchev–Trinajstić information content (AvgIpc) is 2.76. The highest BCUT2D eigenvalue weighted by molar-refractivity contribution is 5.94. The molecule has 0 atom stereocenters. The third kappa shape index (κ3) is 2.43. The zero-order chi connectivity index (χ0) is 15.9. The molecule has 4 nitrogen and oxygen atoms in total. The van der Waals surface area contributed by atoms with Crippen molar-refractivity contribution < 1.29 is 13.9 Å². The van der Waals surface area contributed by atoms with E-state index in [2.05, 4.69) is 15.2 Å². The summed E-state index contributed by atoms with van der Waals surface area (Å²) in [5, 5.41) is 18.0. The average molecular weight is 301 g/mol. The largest absolute Gasteiger partial charge is 0.493 e. The van der Waals surface area contributed by atoms with E-state index in [0.717, 1.165) is 23.3 Å². The predicted octanol–water partition coefficient (Wildman–Crippen LogP) is 5.18. The van der Waals surface area contributed by atoms with Gasteiger partial charge in [0.05, 0.1) is 11.2 Å². The number of nitrogens with zero attached hydrogens (tertiary/aromatic N) is 2. The summed E-state index contributed by atoms with van der Waals surface area (Å²) in [7, 11) is 0. The Morgan fingerprint density at radius 1 is 1.05 bits per heavy atom. The van der Waals surface area contributed by atoms with E-state index in [-0.39, 0.29) is 22.5 Å². The van der Waals surface area contributed by atoms with Gasteiger partial charge in [-0.3, -0.25) is 0 Å². The zero-order valence-electron chi connectivity index (χ0n) is 12.0. The third-order valence-corrected chi connectivity index (χ3v) is 3.40. The van der Waals surface area contributed by atoms with E-state index < -0.39 is 11.6 Å². The first kappa shape index (κ1) is 14.2. The number of fused-ring (bicyclic) bond motifs is 1. The molecule has 22 heavy (non-hydrogen) atoms. The molecule has 0 aliphatic heterocycles. The molecule has 6 heteroatoms. The molecule has 0 aliphatic carbocycles. The highest BCUT2D eigenvalue weighted by Gasteiger charge is 2.15. The van der Waals surface area contributed by atoms with Crippen molar-refractivity contribution >= 4 is 22.3 Å².